The summed E-state index contributed by atoms with van der Waals surface area (Å²) in [5.74, 6) is 1.02. The molecule has 1 aromatic heterocycles. The summed E-state index contributed by atoms with van der Waals surface area (Å²) in [5.41, 5.74) is 2.36. The molecule has 0 bridgehead atoms. The number of aromatic nitrogens is 3. The Labute approximate surface area is 194 Å². The van der Waals surface area contributed by atoms with Crippen molar-refractivity contribution in [3.8, 4) is 0 Å². The van der Waals surface area contributed by atoms with Gasteiger partial charge in [0, 0.05) is 26.1 Å². The van der Waals surface area contributed by atoms with Crippen LogP contribution in [0.4, 0.5) is 0 Å². The predicted molar refractivity (Wildman–Crippen MR) is 128 cm³/mol. The van der Waals surface area contributed by atoms with Gasteiger partial charge in [-0.15, -0.1) is 0 Å². The van der Waals surface area contributed by atoms with E-state index in [1.54, 1.807) is 4.68 Å². The maximum Gasteiger partial charge on any atom is 0.346 e. The van der Waals surface area contributed by atoms with Gasteiger partial charge in [-0.2, -0.15) is 5.10 Å². The zero-order valence-corrected chi connectivity index (χ0v) is 19.3. The van der Waals surface area contributed by atoms with E-state index in [1.165, 1.54) is 0 Å². The lowest BCUT2D eigenvalue weighted by Gasteiger charge is -2.42. The number of benzene rings is 2. The first-order valence-corrected chi connectivity index (χ1v) is 12.1. The van der Waals surface area contributed by atoms with Crippen molar-refractivity contribution in [3.63, 3.8) is 0 Å². The second kappa shape index (κ2) is 9.00. The van der Waals surface area contributed by atoms with Crippen molar-refractivity contribution in [1.29, 1.82) is 0 Å². The predicted octanol–water partition coefficient (Wildman–Crippen LogP) is 3.84. The number of fused-ring (bicyclic) bond motifs is 1. The summed E-state index contributed by atoms with van der Waals surface area (Å²) in [6.45, 7) is 4.85. The third-order valence-electron chi connectivity index (χ3n) is 7.73. The van der Waals surface area contributed by atoms with Crippen LogP contribution >= 0.6 is 0 Å². The number of amides is 1. The van der Waals surface area contributed by atoms with Crippen LogP contribution in [0.1, 0.15) is 55.5 Å². The Kier molecular flexibility index (Phi) is 5.92. The van der Waals surface area contributed by atoms with Crippen LogP contribution in [-0.2, 0) is 24.3 Å². The Hall–Kier alpha value is -3.15. The Bertz CT molecular complexity index is 1160. The van der Waals surface area contributed by atoms with Crippen LogP contribution in [0.25, 0.3) is 0 Å². The van der Waals surface area contributed by atoms with Gasteiger partial charge in [0.1, 0.15) is 5.82 Å². The monoisotopic (exact) mass is 444 g/mol. The van der Waals surface area contributed by atoms with E-state index in [1.807, 2.05) is 77.1 Å². The van der Waals surface area contributed by atoms with Gasteiger partial charge in [-0.25, -0.2) is 9.48 Å². The summed E-state index contributed by atoms with van der Waals surface area (Å²) in [6.07, 6.45) is 4.84. The first kappa shape index (κ1) is 21.7. The Balaban J connectivity index is 1.22. The number of aryl methyl sites for hydroxylation is 1. The summed E-state index contributed by atoms with van der Waals surface area (Å²) in [7, 11) is 0. The number of hydrogen-bond acceptors (Lipinski definition) is 3. The number of carbonyl (C=O) groups is 1. The van der Waals surface area contributed by atoms with Crippen molar-refractivity contribution < 1.29 is 4.79 Å². The van der Waals surface area contributed by atoms with Crippen LogP contribution in [0.5, 0.6) is 0 Å². The third kappa shape index (κ3) is 4.39. The molecule has 2 aliphatic heterocycles. The second-order valence-electron chi connectivity index (χ2n) is 9.70. The van der Waals surface area contributed by atoms with Crippen molar-refractivity contribution >= 4 is 5.91 Å². The molecule has 1 unspecified atom stereocenters. The molecule has 1 atom stereocenters. The molecule has 172 valence electrons. The lowest BCUT2D eigenvalue weighted by atomic mass is 9.72. The molecule has 6 nitrogen and oxygen atoms in total. The van der Waals surface area contributed by atoms with E-state index in [0.29, 0.717) is 6.54 Å². The van der Waals surface area contributed by atoms with Gasteiger partial charge in [-0.05, 0) is 49.1 Å². The molecular formula is C27H32N4O2. The number of hydrogen-bond donors (Lipinski definition) is 0. The smallest absolute Gasteiger partial charge is 0.342 e. The van der Waals surface area contributed by atoms with E-state index in [0.717, 1.165) is 68.7 Å². The Morgan fingerprint density at radius 1 is 0.939 bits per heavy atom. The average molecular weight is 445 g/mol. The van der Waals surface area contributed by atoms with Crippen LogP contribution in [-0.4, -0.2) is 38.2 Å². The van der Waals surface area contributed by atoms with Crippen molar-refractivity contribution in [2.75, 3.05) is 13.1 Å². The maximum atomic E-state index is 13.1. The fraction of sp³-hybridized carbons (Fsp3) is 0.444. The van der Waals surface area contributed by atoms with Crippen molar-refractivity contribution in [1.82, 2.24) is 19.2 Å². The molecule has 2 aromatic carbocycles. The van der Waals surface area contributed by atoms with E-state index >= 15 is 0 Å². The molecule has 0 radical (unpaired) electrons. The average Bonchev–Trinajstić information content (AvgIpc) is 3.04. The van der Waals surface area contributed by atoms with Crippen LogP contribution in [0.2, 0.25) is 0 Å². The van der Waals surface area contributed by atoms with E-state index in [4.69, 9.17) is 0 Å². The minimum absolute atomic E-state index is 0.00444. The fourth-order valence-corrected chi connectivity index (χ4v) is 5.47. The van der Waals surface area contributed by atoms with E-state index in [2.05, 4.69) is 5.10 Å². The molecular weight excluding hydrogens is 412 g/mol. The SMILES string of the molecule is CC(C(=O)N1CCC2(CCc3nn(Cc4ccccc4)c(=O)n3CC2)CC1)c1ccccc1. The van der Waals surface area contributed by atoms with Gasteiger partial charge in [0.2, 0.25) is 5.91 Å². The number of piperidine rings is 1. The number of rotatable bonds is 4. The van der Waals surface area contributed by atoms with Crippen molar-refractivity contribution in [2.45, 2.75) is 58.0 Å². The van der Waals surface area contributed by atoms with Gasteiger partial charge in [0.15, 0.2) is 0 Å². The Morgan fingerprint density at radius 3 is 2.27 bits per heavy atom. The first-order valence-electron chi connectivity index (χ1n) is 12.1. The Morgan fingerprint density at radius 2 is 1.58 bits per heavy atom. The van der Waals surface area contributed by atoms with Gasteiger partial charge in [0.25, 0.3) is 0 Å². The standard InChI is InChI=1S/C27H32N4O2/c1-21(23-10-6-3-7-11-23)25(32)29-17-14-27(15-18-29)13-12-24-28-31(26(33)30(24)19-16-27)20-22-8-4-2-5-9-22/h2-11,21H,12-20H2,1H3. The minimum Gasteiger partial charge on any atom is -0.342 e. The topological polar surface area (TPSA) is 60.1 Å². The maximum absolute atomic E-state index is 13.1. The molecule has 5 rings (SSSR count). The molecule has 3 heterocycles. The van der Waals surface area contributed by atoms with E-state index in [9.17, 15) is 9.59 Å². The summed E-state index contributed by atoms with van der Waals surface area (Å²) in [6, 6.07) is 20.1. The molecule has 33 heavy (non-hydrogen) atoms. The van der Waals surface area contributed by atoms with E-state index in [-0.39, 0.29) is 22.9 Å². The molecule has 0 saturated carbocycles. The fourth-order valence-electron chi connectivity index (χ4n) is 5.47. The van der Waals surface area contributed by atoms with Gasteiger partial charge < -0.3 is 4.90 Å². The minimum atomic E-state index is -0.109. The molecule has 0 N–H and O–H groups in total. The highest BCUT2D eigenvalue weighted by Gasteiger charge is 2.38. The summed E-state index contributed by atoms with van der Waals surface area (Å²) >= 11 is 0. The zero-order chi connectivity index (χ0) is 22.8. The normalized spacial score (nSPS) is 18.5. The molecule has 3 aromatic rings. The molecule has 1 amide bonds. The molecule has 1 spiro atoms. The molecule has 1 saturated heterocycles. The largest absolute Gasteiger partial charge is 0.346 e. The number of likely N-dealkylation sites (tertiary alicyclic amines) is 1. The third-order valence-corrected chi connectivity index (χ3v) is 7.73. The number of nitrogens with zero attached hydrogens (tertiary/aromatic N) is 4. The van der Waals surface area contributed by atoms with E-state index < -0.39 is 0 Å². The second-order valence-corrected chi connectivity index (χ2v) is 9.70. The van der Waals surface area contributed by atoms with Gasteiger partial charge >= 0.3 is 5.69 Å². The number of carbonyl (C=O) groups excluding carboxylic acids is 1. The highest BCUT2D eigenvalue weighted by Crippen LogP contribution is 2.41. The van der Waals surface area contributed by atoms with Crippen molar-refractivity contribution in [2.24, 2.45) is 5.41 Å². The molecule has 1 fully saturated rings. The summed E-state index contributed by atoms with van der Waals surface area (Å²) in [5, 5.41) is 4.69. The lowest BCUT2D eigenvalue weighted by Crippen LogP contribution is -2.45. The van der Waals surface area contributed by atoms with Gasteiger partial charge in [-0.3, -0.25) is 9.36 Å². The van der Waals surface area contributed by atoms with Crippen molar-refractivity contribution in [3.05, 3.63) is 88.1 Å². The summed E-state index contributed by atoms with van der Waals surface area (Å²) in [4.78, 5) is 28.1. The highest BCUT2D eigenvalue weighted by atomic mass is 16.2. The van der Waals surface area contributed by atoms with Gasteiger partial charge in [-0.1, -0.05) is 60.7 Å². The van der Waals surface area contributed by atoms with Crippen LogP contribution in [0.15, 0.2) is 65.5 Å². The van der Waals surface area contributed by atoms with Crippen LogP contribution in [0.3, 0.4) is 0 Å². The quantitative estimate of drug-likeness (QED) is 0.614. The summed E-state index contributed by atoms with van der Waals surface area (Å²) < 4.78 is 3.49. The molecule has 6 heteroatoms. The van der Waals surface area contributed by atoms with Crippen LogP contribution in [0, 0.1) is 5.41 Å². The van der Waals surface area contributed by atoms with Gasteiger partial charge in [0.05, 0.1) is 12.5 Å². The lowest BCUT2D eigenvalue weighted by molar-refractivity contribution is -0.135. The molecule has 0 aliphatic carbocycles. The zero-order valence-electron chi connectivity index (χ0n) is 19.3. The molecule has 2 aliphatic rings. The first-order chi connectivity index (χ1) is 16.0. The highest BCUT2D eigenvalue weighted by molar-refractivity contribution is 5.83. The van der Waals surface area contributed by atoms with Crippen LogP contribution < -0.4 is 5.69 Å².